The molecule has 2 aliphatic rings. The number of rotatable bonds is 3. The normalized spacial score (nSPS) is 18.8. The van der Waals surface area contributed by atoms with Gasteiger partial charge in [0, 0.05) is 38.0 Å². The molecular weight excluding hydrogens is 393 g/mol. The molecule has 144 valence electrons. The van der Waals surface area contributed by atoms with Crippen LogP contribution in [0.2, 0.25) is 0 Å². The van der Waals surface area contributed by atoms with E-state index in [-0.39, 0.29) is 36.8 Å². The van der Waals surface area contributed by atoms with Crippen LogP contribution in [0.3, 0.4) is 0 Å². The van der Waals surface area contributed by atoms with Gasteiger partial charge in [-0.05, 0) is 31.9 Å². The SMILES string of the molecule is CCN(C(C)=O)C1CCN(c2ncnc3sc4c(c23)CCNC4)C1.Cl.Cl. The molecule has 2 aromatic rings. The highest BCUT2D eigenvalue weighted by Crippen LogP contribution is 2.38. The summed E-state index contributed by atoms with van der Waals surface area (Å²) < 4.78 is 0. The van der Waals surface area contributed by atoms with Crippen molar-refractivity contribution in [1.29, 1.82) is 0 Å². The lowest BCUT2D eigenvalue weighted by atomic mass is 10.1. The average molecular weight is 418 g/mol. The van der Waals surface area contributed by atoms with E-state index in [1.807, 2.05) is 4.90 Å². The van der Waals surface area contributed by atoms with Gasteiger partial charge in [0.1, 0.15) is 17.0 Å². The third-order valence-electron chi connectivity index (χ3n) is 5.14. The maximum atomic E-state index is 11.8. The molecule has 1 unspecified atom stereocenters. The molecule has 26 heavy (non-hydrogen) atoms. The third-order valence-corrected chi connectivity index (χ3v) is 6.28. The van der Waals surface area contributed by atoms with Gasteiger partial charge in [-0.1, -0.05) is 0 Å². The average Bonchev–Trinajstić information content (AvgIpc) is 3.19. The molecule has 6 nitrogen and oxygen atoms in total. The molecule has 1 amide bonds. The highest BCUT2D eigenvalue weighted by molar-refractivity contribution is 7.19. The Morgan fingerprint density at radius 3 is 2.96 bits per heavy atom. The lowest BCUT2D eigenvalue weighted by Crippen LogP contribution is -2.40. The highest BCUT2D eigenvalue weighted by atomic mass is 35.5. The molecule has 1 atom stereocenters. The van der Waals surface area contributed by atoms with Gasteiger partial charge in [-0.2, -0.15) is 0 Å². The van der Waals surface area contributed by atoms with Crippen LogP contribution in [0.25, 0.3) is 10.2 Å². The number of likely N-dealkylation sites (N-methyl/N-ethyl adjacent to an activating group) is 1. The Morgan fingerprint density at radius 1 is 1.42 bits per heavy atom. The van der Waals surface area contributed by atoms with Crippen molar-refractivity contribution in [2.24, 2.45) is 0 Å². The molecule has 0 aromatic carbocycles. The van der Waals surface area contributed by atoms with Gasteiger partial charge in [-0.15, -0.1) is 36.2 Å². The molecule has 4 heterocycles. The predicted octanol–water partition coefficient (Wildman–Crippen LogP) is 2.63. The minimum atomic E-state index is 0. The molecule has 1 N–H and O–H groups in total. The van der Waals surface area contributed by atoms with Crippen LogP contribution in [-0.2, 0) is 17.8 Å². The van der Waals surface area contributed by atoms with Crippen LogP contribution in [0.15, 0.2) is 6.33 Å². The Kier molecular flexibility index (Phi) is 7.07. The molecule has 0 bridgehead atoms. The van der Waals surface area contributed by atoms with E-state index in [1.54, 1.807) is 24.6 Å². The van der Waals surface area contributed by atoms with Gasteiger partial charge < -0.3 is 15.1 Å². The molecular formula is C17H25Cl2N5OS. The predicted molar refractivity (Wildman–Crippen MR) is 111 cm³/mol. The number of halogens is 2. The monoisotopic (exact) mass is 417 g/mol. The standard InChI is InChI=1S/C17H23N5OS.2ClH/c1-3-22(11(2)23)12-5-7-21(9-12)16-15-13-4-6-18-8-14(13)24-17(15)20-10-19-16;;/h10,12,18H,3-9H2,1-2H3;2*1H. The third kappa shape index (κ3) is 3.63. The van der Waals surface area contributed by atoms with Gasteiger partial charge in [0.15, 0.2) is 0 Å². The minimum absolute atomic E-state index is 0. The first-order valence-corrected chi connectivity index (χ1v) is 9.48. The maximum absolute atomic E-state index is 11.8. The van der Waals surface area contributed by atoms with Crippen LogP contribution in [0.5, 0.6) is 0 Å². The van der Waals surface area contributed by atoms with E-state index in [4.69, 9.17) is 0 Å². The quantitative estimate of drug-likeness (QED) is 0.831. The summed E-state index contributed by atoms with van der Waals surface area (Å²) in [4.78, 5) is 27.8. The fourth-order valence-corrected chi connectivity index (χ4v) is 5.16. The Labute approximate surface area is 170 Å². The number of hydrogen-bond acceptors (Lipinski definition) is 6. The second-order valence-corrected chi connectivity index (χ2v) is 7.59. The molecule has 2 aliphatic heterocycles. The summed E-state index contributed by atoms with van der Waals surface area (Å²) in [7, 11) is 0. The van der Waals surface area contributed by atoms with Crippen molar-refractivity contribution in [3.63, 3.8) is 0 Å². The second-order valence-electron chi connectivity index (χ2n) is 6.50. The van der Waals surface area contributed by atoms with Gasteiger partial charge in [0.2, 0.25) is 5.91 Å². The Bertz CT molecular complexity index is 784. The molecule has 0 spiro atoms. The summed E-state index contributed by atoms with van der Waals surface area (Å²) >= 11 is 1.78. The lowest BCUT2D eigenvalue weighted by Gasteiger charge is -2.27. The summed E-state index contributed by atoms with van der Waals surface area (Å²) in [6.07, 6.45) is 3.73. The van der Waals surface area contributed by atoms with E-state index in [0.29, 0.717) is 0 Å². The number of fused-ring (bicyclic) bond motifs is 3. The highest BCUT2D eigenvalue weighted by Gasteiger charge is 2.31. The Hall–Kier alpha value is -1.15. The van der Waals surface area contributed by atoms with Gasteiger partial charge in [0.25, 0.3) is 0 Å². The number of carbonyl (C=O) groups excluding carboxylic acids is 1. The second kappa shape index (κ2) is 8.69. The molecule has 9 heteroatoms. The number of anilines is 1. The van der Waals surface area contributed by atoms with Gasteiger partial charge in [-0.3, -0.25) is 4.79 Å². The van der Waals surface area contributed by atoms with Gasteiger partial charge in [0.05, 0.1) is 11.4 Å². The van der Waals surface area contributed by atoms with Crippen LogP contribution in [0.1, 0.15) is 30.7 Å². The summed E-state index contributed by atoms with van der Waals surface area (Å²) in [6.45, 7) is 8.25. The molecule has 1 fully saturated rings. The van der Waals surface area contributed by atoms with Crippen molar-refractivity contribution in [3.8, 4) is 0 Å². The fourth-order valence-electron chi connectivity index (χ4n) is 4.01. The first kappa shape index (κ1) is 21.2. The first-order valence-electron chi connectivity index (χ1n) is 8.67. The summed E-state index contributed by atoms with van der Waals surface area (Å²) in [5.74, 6) is 1.22. The molecule has 0 aliphatic carbocycles. The van der Waals surface area contributed by atoms with E-state index < -0.39 is 0 Å². The van der Waals surface area contributed by atoms with E-state index in [1.165, 1.54) is 15.8 Å². The van der Waals surface area contributed by atoms with E-state index in [2.05, 4.69) is 27.1 Å². The largest absolute Gasteiger partial charge is 0.354 e. The first-order chi connectivity index (χ1) is 11.7. The minimum Gasteiger partial charge on any atom is -0.354 e. The fraction of sp³-hybridized carbons (Fsp3) is 0.588. The molecule has 4 rings (SSSR count). The van der Waals surface area contributed by atoms with Crippen molar-refractivity contribution < 1.29 is 4.79 Å². The number of thiophene rings is 1. The van der Waals surface area contributed by atoms with Crippen molar-refractivity contribution in [1.82, 2.24) is 20.2 Å². The van der Waals surface area contributed by atoms with Crippen molar-refractivity contribution in [2.45, 2.75) is 39.3 Å². The number of nitrogens with zero attached hydrogens (tertiary/aromatic N) is 4. The van der Waals surface area contributed by atoms with E-state index >= 15 is 0 Å². The van der Waals surface area contributed by atoms with Gasteiger partial charge >= 0.3 is 0 Å². The molecule has 2 aromatic heterocycles. The summed E-state index contributed by atoms with van der Waals surface area (Å²) in [5, 5.41) is 4.68. The van der Waals surface area contributed by atoms with Crippen molar-refractivity contribution >= 4 is 58.1 Å². The van der Waals surface area contributed by atoms with Gasteiger partial charge in [-0.25, -0.2) is 9.97 Å². The molecule has 0 radical (unpaired) electrons. The number of hydrogen-bond donors (Lipinski definition) is 1. The Balaban J connectivity index is 0.00000121. The maximum Gasteiger partial charge on any atom is 0.219 e. The van der Waals surface area contributed by atoms with E-state index in [0.717, 1.165) is 56.2 Å². The Morgan fingerprint density at radius 2 is 2.23 bits per heavy atom. The number of aromatic nitrogens is 2. The van der Waals surface area contributed by atoms with Crippen molar-refractivity contribution in [3.05, 3.63) is 16.8 Å². The van der Waals surface area contributed by atoms with Crippen LogP contribution in [0.4, 0.5) is 5.82 Å². The van der Waals surface area contributed by atoms with Crippen molar-refractivity contribution in [2.75, 3.05) is 31.1 Å². The topological polar surface area (TPSA) is 61.4 Å². The molecule has 1 saturated heterocycles. The number of nitrogens with one attached hydrogen (secondary N) is 1. The zero-order valence-electron chi connectivity index (χ0n) is 15.0. The number of carbonyl (C=O) groups is 1. The number of amides is 1. The summed E-state index contributed by atoms with van der Waals surface area (Å²) in [6, 6.07) is 0.286. The smallest absolute Gasteiger partial charge is 0.219 e. The van der Waals surface area contributed by atoms with Crippen LogP contribution in [-0.4, -0.2) is 53.0 Å². The van der Waals surface area contributed by atoms with Crippen LogP contribution in [0, 0.1) is 0 Å². The zero-order chi connectivity index (χ0) is 16.7. The van der Waals surface area contributed by atoms with Crippen LogP contribution >= 0.6 is 36.2 Å². The summed E-state index contributed by atoms with van der Waals surface area (Å²) in [5.41, 5.74) is 1.42. The zero-order valence-corrected chi connectivity index (χ0v) is 17.5. The molecule has 0 saturated carbocycles. The lowest BCUT2D eigenvalue weighted by molar-refractivity contribution is -0.130. The van der Waals surface area contributed by atoms with E-state index in [9.17, 15) is 4.79 Å². The van der Waals surface area contributed by atoms with Crippen LogP contribution < -0.4 is 10.2 Å².